The Labute approximate surface area is 119 Å². The van der Waals surface area contributed by atoms with Gasteiger partial charge in [0, 0.05) is 13.6 Å². The van der Waals surface area contributed by atoms with Gasteiger partial charge in [0.1, 0.15) is 6.04 Å². The van der Waals surface area contributed by atoms with E-state index < -0.39 is 12.0 Å². The van der Waals surface area contributed by atoms with Crippen LogP contribution in [0.1, 0.15) is 30.9 Å². The summed E-state index contributed by atoms with van der Waals surface area (Å²) < 4.78 is 0. The van der Waals surface area contributed by atoms with E-state index in [1.54, 1.807) is 7.05 Å². The van der Waals surface area contributed by atoms with Crippen molar-refractivity contribution < 1.29 is 14.7 Å². The fourth-order valence-corrected chi connectivity index (χ4v) is 1.84. The number of carboxylic acid groups (broad SMARTS) is 1. The first-order valence-electron chi connectivity index (χ1n) is 6.74. The predicted octanol–water partition coefficient (Wildman–Crippen LogP) is 2.39. The molecule has 110 valence electrons. The first-order valence-corrected chi connectivity index (χ1v) is 6.74. The van der Waals surface area contributed by atoms with Gasteiger partial charge in [-0.15, -0.1) is 0 Å². The standard InChI is InChI=1S/C15H22N2O3/c1-4-5-13(14(18)19)16-15(20)17(3)10-12-8-6-11(2)7-9-12/h6-9,13H,4-5,10H2,1-3H3,(H,16,20)(H,18,19)/t13-/m1/s1. The van der Waals surface area contributed by atoms with Crippen molar-refractivity contribution in [3.05, 3.63) is 35.4 Å². The van der Waals surface area contributed by atoms with Gasteiger partial charge in [-0.2, -0.15) is 0 Å². The van der Waals surface area contributed by atoms with Crippen molar-refractivity contribution in [1.82, 2.24) is 10.2 Å². The molecule has 0 bridgehead atoms. The van der Waals surface area contributed by atoms with E-state index in [9.17, 15) is 9.59 Å². The lowest BCUT2D eigenvalue weighted by Gasteiger charge is -2.21. The molecule has 20 heavy (non-hydrogen) atoms. The van der Waals surface area contributed by atoms with Gasteiger partial charge in [-0.1, -0.05) is 43.2 Å². The van der Waals surface area contributed by atoms with Crippen LogP contribution < -0.4 is 5.32 Å². The highest BCUT2D eigenvalue weighted by Gasteiger charge is 2.20. The van der Waals surface area contributed by atoms with Gasteiger partial charge in [-0.3, -0.25) is 0 Å². The Morgan fingerprint density at radius 2 is 1.90 bits per heavy atom. The molecule has 0 radical (unpaired) electrons. The number of carbonyl (C=O) groups excluding carboxylic acids is 1. The second-order valence-corrected chi connectivity index (χ2v) is 4.97. The van der Waals surface area contributed by atoms with Crippen LogP contribution in [0.2, 0.25) is 0 Å². The van der Waals surface area contributed by atoms with Crippen molar-refractivity contribution in [2.24, 2.45) is 0 Å². The molecule has 1 aromatic rings. The highest BCUT2D eigenvalue weighted by atomic mass is 16.4. The number of hydrogen-bond acceptors (Lipinski definition) is 2. The number of amides is 2. The minimum atomic E-state index is -0.996. The predicted molar refractivity (Wildman–Crippen MR) is 77.5 cm³/mol. The van der Waals surface area contributed by atoms with Crippen molar-refractivity contribution in [3.63, 3.8) is 0 Å². The lowest BCUT2D eigenvalue weighted by Crippen LogP contribution is -2.46. The lowest BCUT2D eigenvalue weighted by molar-refractivity contribution is -0.139. The SMILES string of the molecule is CCC[C@@H](NC(=O)N(C)Cc1ccc(C)cc1)C(=O)O. The zero-order valence-corrected chi connectivity index (χ0v) is 12.2. The average molecular weight is 278 g/mol. The van der Waals surface area contributed by atoms with Crippen LogP contribution in [0.4, 0.5) is 4.79 Å². The third-order valence-electron chi connectivity index (χ3n) is 3.06. The summed E-state index contributed by atoms with van der Waals surface area (Å²) in [6.45, 7) is 4.34. The van der Waals surface area contributed by atoms with Crippen molar-refractivity contribution in [2.75, 3.05) is 7.05 Å². The highest BCUT2D eigenvalue weighted by molar-refractivity contribution is 5.82. The largest absolute Gasteiger partial charge is 0.480 e. The molecule has 1 atom stereocenters. The van der Waals surface area contributed by atoms with Gasteiger partial charge >= 0.3 is 12.0 Å². The number of carbonyl (C=O) groups is 2. The van der Waals surface area contributed by atoms with Crippen molar-refractivity contribution in [3.8, 4) is 0 Å². The van der Waals surface area contributed by atoms with Crippen LogP contribution in [0.15, 0.2) is 24.3 Å². The maximum atomic E-state index is 12.0. The maximum Gasteiger partial charge on any atom is 0.326 e. The number of rotatable bonds is 6. The molecule has 0 saturated heterocycles. The Balaban J connectivity index is 2.57. The fraction of sp³-hybridized carbons (Fsp3) is 0.467. The van der Waals surface area contributed by atoms with E-state index in [-0.39, 0.29) is 6.03 Å². The number of hydrogen-bond donors (Lipinski definition) is 2. The first-order chi connectivity index (χ1) is 9.43. The van der Waals surface area contributed by atoms with Crippen molar-refractivity contribution in [1.29, 1.82) is 0 Å². The van der Waals surface area contributed by atoms with Gasteiger partial charge in [0.15, 0.2) is 0 Å². The topological polar surface area (TPSA) is 69.6 Å². The zero-order chi connectivity index (χ0) is 15.1. The zero-order valence-electron chi connectivity index (χ0n) is 12.2. The molecule has 0 aromatic heterocycles. The van der Waals surface area contributed by atoms with E-state index in [1.807, 2.05) is 38.1 Å². The Morgan fingerprint density at radius 1 is 1.30 bits per heavy atom. The molecular weight excluding hydrogens is 256 g/mol. The van der Waals surface area contributed by atoms with Gasteiger partial charge in [-0.25, -0.2) is 9.59 Å². The lowest BCUT2D eigenvalue weighted by atomic mass is 10.1. The van der Waals surface area contributed by atoms with Crippen LogP contribution in [0.5, 0.6) is 0 Å². The summed E-state index contributed by atoms with van der Waals surface area (Å²) in [5.41, 5.74) is 2.17. The maximum absolute atomic E-state index is 12.0. The molecule has 0 unspecified atom stereocenters. The van der Waals surface area contributed by atoms with Crippen LogP contribution in [0.3, 0.4) is 0 Å². The molecule has 0 aliphatic carbocycles. The molecule has 0 fully saturated rings. The number of aryl methyl sites for hydroxylation is 1. The molecule has 0 aliphatic rings. The van der Waals surface area contributed by atoms with Crippen LogP contribution in [0, 0.1) is 6.92 Å². The minimum Gasteiger partial charge on any atom is -0.480 e. The van der Waals surface area contributed by atoms with Crippen LogP contribution in [-0.4, -0.2) is 35.1 Å². The number of carboxylic acids is 1. The molecule has 1 rings (SSSR count). The Hall–Kier alpha value is -2.04. The third kappa shape index (κ3) is 4.91. The van der Waals surface area contributed by atoms with Gasteiger partial charge in [0.25, 0.3) is 0 Å². The summed E-state index contributed by atoms with van der Waals surface area (Å²) in [6.07, 6.45) is 1.14. The summed E-state index contributed by atoms with van der Waals surface area (Å²) in [7, 11) is 1.65. The minimum absolute atomic E-state index is 0.369. The molecule has 0 spiro atoms. The van der Waals surface area contributed by atoms with E-state index in [1.165, 1.54) is 4.90 Å². The summed E-state index contributed by atoms with van der Waals surface area (Å²) in [4.78, 5) is 24.4. The van der Waals surface area contributed by atoms with E-state index >= 15 is 0 Å². The molecule has 5 heteroatoms. The van der Waals surface area contributed by atoms with Crippen LogP contribution in [-0.2, 0) is 11.3 Å². The Kier molecular flexibility index (Phi) is 6.03. The second kappa shape index (κ2) is 7.53. The Morgan fingerprint density at radius 3 is 2.40 bits per heavy atom. The van der Waals surface area contributed by atoms with Gasteiger partial charge in [-0.05, 0) is 18.9 Å². The molecule has 1 aromatic carbocycles. The average Bonchev–Trinajstić information content (AvgIpc) is 2.40. The molecule has 0 aliphatic heterocycles. The molecule has 2 N–H and O–H groups in total. The molecular formula is C15H22N2O3. The molecule has 5 nitrogen and oxygen atoms in total. The number of nitrogens with one attached hydrogen (secondary N) is 1. The normalized spacial score (nSPS) is 11.8. The molecule has 0 heterocycles. The van der Waals surface area contributed by atoms with Crippen LogP contribution in [0.25, 0.3) is 0 Å². The van der Waals surface area contributed by atoms with Crippen molar-refractivity contribution in [2.45, 2.75) is 39.3 Å². The first kappa shape index (κ1) is 16.0. The van der Waals surface area contributed by atoms with Crippen LogP contribution >= 0.6 is 0 Å². The van der Waals surface area contributed by atoms with Gasteiger partial charge in [0.05, 0.1) is 0 Å². The highest BCUT2D eigenvalue weighted by Crippen LogP contribution is 2.06. The van der Waals surface area contributed by atoms with E-state index in [2.05, 4.69) is 5.32 Å². The van der Waals surface area contributed by atoms with Crippen molar-refractivity contribution >= 4 is 12.0 Å². The number of urea groups is 1. The number of aliphatic carboxylic acids is 1. The Bertz CT molecular complexity index is 457. The third-order valence-corrected chi connectivity index (χ3v) is 3.06. The smallest absolute Gasteiger partial charge is 0.326 e. The number of nitrogens with zero attached hydrogens (tertiary/aromatic N) is 1. The molecule has 0 saturated carbocycles. The summed E-state index contributed by atoms with van der Waals surface area (Å²) >= 11 is 0. The fourth-order valence-electron chi connectivity index (χ4n) is 1.84. The summed E-state index contributed by atoms with van der Waals surface area (Å²) in [5.74, 6) is -0.996. The second-order valence-electron chi connectivity index (χ2n) is 4.97. The summed E-state index contributed by atoms with van der Waals surface area (Å²) in [6, 6.07) is 6.69. The van der Waals surface area contributed by atoms with E-state index in [4.69, 9.17) is 5.11 Å². The quantitative estimate of drug-likeness (QED) is 0.839. The summed E-state index contributed by atoms with van der Waals surface area (Å²) in [5, 5.41) is 11.6. The number of benzene rings is 1. The van der Waals surface area contributed by atoms with Gasteiger partial charge < -0.3 is 15.3 Å². The van der Waals surface area contributed by atoms with Gasteiger partial charge in [0.2, 0.25) is 0 Å². The molecule has 2 amide bonds. The monoisotopic (exact) mass is 278 g/mol. The van der Waals surface area contributed by atoms with E-state index in [0.29, 0.717) is 19.4 Å². The van der Waals surface area contributed by atoms with E-state index in [0.717, 1.165) is 11.1 Å².